The maximum Gasteiger partial charge on any atom is 0.137 e. The Balaban J connectivity index is 1.83. The molecule has 5 heteroatoms. The quantitative estimate of drug-likeness (QED) is 0.675. The van der Waals surface area contributed by atoms with Crippen LogP contribution >= 0.6 is 0 Å². The van der Waals surface area contributed by atoms with E-state index in [1.807, 2.05) is 22.9 Å². The molecule has 0 aliphatic heterocycles. The van der Waals surface area contributed by atoms with Crippen LogP contribution in [0.3, 0.4) is 0 Å². The summed E-state index contributed by atoms with van der Waals surface area (Å²) in [5.74, 6) is -0.191. The molecule has 0 spiro atoms. The standard InChI is InChI=1S/C16H15FN3Si/c17-15-8-6-14(7-9-15)10-21(13-20-12-18-11-19-20)16-4-2-1-3-5-16/h1-9,11-12H,10,13H2. The summed E-state index contributed by atoms with van der Waals surface area (Å²) in [5, 5.41) is 5.56. The molecule has 0 fully saturated rings. The highest BCUT2D eigenvalue weighted by Crippen LogP contribution is 2.07. The fraction of sp³-hybridized carbons (Fsp3) is 0.125. The Labute approximate surface area is 124 Å². The van der Waals surface area contributed by atoms with Gasteiger partial charge in [0.1, 0.15) is 27.3 Å². The molecule has 1 heterocycles. The van der Waals surface area contributed by atoms with E-state index < -0.39 is 8.80 Å². The first kappa shape index (κ1) is 13.7. The predicted molar refractivity (Wildman–Crippen MR) is 82.0 cm³/mol. The second-order valence-corrected chi connectivity index (χ2v) is 7.32. The number of rotatable bonds is 5. The van der Waals surface area contributed by atoms with Crippen molar-refractivity contribution in [2.24, 2.45) is 0 Å². The minimum Gasteiger partial charge on any atom is -0.256 e. The first-order valence-electron chi connectivity index (χ1n) is 6.78. The van der Waals surface area contributed by atoms with Crippen LogP contribution < -0.4 is 5.19 Å². The molecule has 3 rings (SSSR count). The average Bonchev–Trinajstić information content (AvgIpc) is 3.03. The maximum atomic E-state index is 13.0. The zero-order chi connectivity index (χ0) is 14.5. The van der Waals surface area contributed by atoms with E-state index in [2.05, 4.69) is 34.3 Å². The summed E-state index contributed by atoms with van der Waals surface area (Å²) in [5.41, 5.74) is 1.16. The van der Waals surface area contributed by atoms with Crippen LogP contribution in [-0.2, 0) is 12.2 Å². The highest BCUT2D eigenvalue weighted by Gasteiger charge is 2.16. The Kier molecular flexibility index (Phi) is 4.21. The van der Waals surface area contributed by atoms with Gasteiger partial charge in [0.25, 0.3) is 0 Å². The van der Waals surface area contributed by atoms with Gasteiger partial charge in [-0.15, -0.1) is 0 Å². The summed E-state index contributed by atoms with van der Waals surface area (Å²) in [6.45, 7) is 0. The van der Waals surface area contributed by atoms with Gasteiger partial charge in [-0.25, -0.2) is 9.37 Å². The van der Waals surface area contributed by atoms with E-state index >= 15 is 0 Å². The molecule has 1 aromatic heterocycles. The molecule has 0 aliphatic rings. The van der Waals surface area contributed by atoms with E-state index in [1.165, 1.54) is 17.3 Å². The molecule has 0 amide bonds. The van der Waals surface area contributed by atoms with Crippen molar-refractivity contribution in [1.29, 1.82) is 0 Å². The van der Waals surface area contributed by atoms with Gasteiger partial charge in [-0.2, -0.15) is 5.10 Å². The molecular weight excluding hydrogens is 281 g/mol. The van der Waals surface area contributed by atoms with Gasteiger partial charge in [0.2, 0.25) is 0 Å². The van der Waals surface area contributed by atoms with E-state index in [0.717, 1.165) is 17.8 Å². The van der Waals surface area contributed by atoms with Gasteiger partial charge in [0, 0.05) is 6.17 Å². The van der Waals surface area contributed by atoms with E-state index in [0.29, 0.717) is 0 Å². The van der Waals surface area contributed by atoms with Crippen LogP contribution in [0.1, 0.15) is 5.56 Å². The molecule has 0 atom stereocenters. The molecule has 0 N–H and O–H groups in total. The smallest absolute Gasteiger partial charge is 0.137 e. The third-order valence-corrected chi connectivity index (χ3v) is 6.02. The summed E-state index contributed by atoms with van der Waals surface area (Å²) < 4.78 is 14.9. The summed E-state index contributed by atoms with van der Waals surface area (Å²) >= 11 is 0. The van der Waals surface area contributed by atoms with E-state index in [1.54, 1.807) is 12.7 Å². The minimum atomic E-state index is -0.872. The van der Waals surface area contributed by atoms with Gasteiger partial charge in [-0.1, -0.05) is 53.2 Å². The van der Waals surface area contributed by atoms with E-state index in [-0.39, 0.29) is 5.82 Å². The maximum absolute atomic E-state index is 13.0. The van der Waals surface area contributed by atoms with Crippen molar-refractivity contribution in [3.63, 3.8) is 0 Å². The van der Waals surface area contributed by atoms with Crippen molar-refractivity contribution in [2.75, 3.05) is 0 Å². The predicted octanol–water partition coefficient (Wildman–Crippen LogP) is 2.14. The zero-order valence-corrected chi connectivity index (χ0v) is 12.5. The zero-order valence-electron chi connectivity index (χ0n) is 11.5. The Morgan fingerprint density at radius 2 is 1.76 bits per heavy atom. The van der Waals surface area contributed by atoms with Crippen molar-refractivity contribution in [3.8, 4) is 0 Å². The number of halogens is 1. The number of hydrogen-bond acceptors (Lipinski definition) is 2. The normalized spacial score (nSPS) is 11.0. The second-order valence-electron chi connectivity index (χ2n) is 4.87. The molecule has 105 valence electrons. The van der Waals surface area contributed by atoms with Crippen LogP contribution in [0.5, 0.6) is 0 Å². The Morgan fingerprint density at radius 1 is 1.00 bits per heavy atom. The van der Waals surface area contributed by atoms with Crippen LogP contribution in [0.4, 0.5) is 4.39 Å². The lowest BCUT2D eigenvalue weighted by Crippen LogP contribution is -2.37. The Hall–Kier alpha value is -2.27. The average molecular weight is 296 g/mol. The highest BCUT2D eigenvalue weighted by atomic mass is 28.3. The van der Waals surface area contributed by atoms with Crippen molar-refractivity contribution in [1.82, 2.24) is 14.8 Å². The monoisotopic (exact) mass is 296 g/mol. The molecule has 3 nitrogen and oxygen atoms in total. The van der Waals surface area contributed by atoms with Crippen molar-refractivity contribution in [2.45, 2.75) is 12.2 Å². The van der Waals surface area contributed by atoms with Crippen molar-refractivity contribution in [3.05, 3.63) is 78.6 Å². The summed E-state index contributed by atoms with van der Waals surface area (Å²) in [7, 11) is -0.872. The first-order chi connectivity index (χ1) is 10.3. The van der Waals surface area contributed by atoms with Crippen molar-refractivity contribution < 1.29 is 4.39 Å². The van der Waals surface area contributed by atoms with Gasteiger partial charge in [-0.3, -0.25) is 4.68 Å². The van der Waals surface area contributed by atoms with Gasteiger partial charge >= 0.3 is 0 Å². The lowest BCUT2D eigenvalue weighted by Gasteiger charge is -2.15. The van der Waals surface area contributed by atoms with Crippen LogP contribution in [-0.4, -0.2) is 23.6 Å². The van der Waals surface area contributed by atoms with Gasteiger partial charge in [-0.05, 0) is 18.2 Å². The Morgan fingerprint density at radius 3 is 2.43 bits per heavy atom. The number of hydrogen-bond donors (Lipinski definition) is 0. The lowest BCUT2D eigenvalue weighted by atomic mass is 10.2. The topological polar surface area (TPSA) is 30.7 Å². The van der Waals surface area contributed by atoms with Crippen LogP contribution in [0.2, 0.25) is 0 Å². The van der Waals surface area contributed by atoms with Crippen LogP contribution in [0.15, 0.2) is 67.3 Å². The molecule has 0 saturated heterocycles. The number of nitrogens with zero attached hydrogens (tertiary/aromatic N) is 3. The largest absolute Gasteiger partial charge is 0.256 e. The van der Waals surface area contributed by atoms with E-state index in [9.17, 15) is 4.39 Å². The third kappa shape index (κ3) is 3.64. The molecular formula is C16H15FN3Si. The highest BCUT2D eigenvalue weighted by molar-refractivity contribution is 6.71. The molecule has 0 unspecified atom stereocenters. The number of aromatic nitrogens is 3. The van der Waals surface area contributed by atoms with Crippen LogP contribution in [0, 0.1) is 5.82 Å². The molecule has 0 saturated carbocycles. The fourth-order valence-corrected chi connectivity index (χ4v) is 4.73. The van der Waals surface area contributed by atoms with E-state index in [4.69, 9.17) is 0 Å². The molecule has 3 aromatic rings. The molecule has 21 heavy (non-hydrogen) atoms. The molecule has 0 bridgehead atoms. The summed E-state index contributed by atoms with van der Waals surface area (Å²) in [6.07, 6.45) is 4.16. The van der Waals surface area contributed by atoms with Crippen molar-refractivity contribution >= 4 is 14.0 Å². The fourth-order valence-electron chi connectivity index (χ4n) is 2.28. The number of benzene rings is 2. The SMILES string of the molecule is Fc1ccc(C[Si](Cn2cncn2)c2ccccc2)cc1. The molecule has 0 aliphatic carbocycles. The Bertz CT molecular complexity index is 669. The second kappa shape index (κ2) is 6.45. The summed E-state index contributed by atoms with van der Waals surface area (Å²) in [4.78, 5) is 4.01. The van der Waals surface area contributed by atoms with Gasteiger partial charge < -0.3 is 0 Å². The molecule has 1 radical (unpaired) electrons. The van der Waals surface area contributed by atoms with Gasteiger partial charge in [0.05, 0.1) is 0 Å². The van der Waals surface area contributed by atoms with Gasteiger partial charge in [0.15, 0.2) is 0 Å². The van der Waals surface area contributed by atoms with Crippen LogP contribution in [0.25, 0.3) is 0 Å². The minimum absolute atomic E-state index is 0.191. The lowest BCUT2D eigenvalue weighted by molar-refractivity contribution is 0.627. The summed E-state index contributed by atoms with van der Waals surface area (Å²) in [6, 6.07) is 18.2. The first-order valence-corrected chi connectivity index (χ1v) is 8.69. The molecule has 2 aromatic carbocycles. The third-order valence-electron chi connectivity index (χ3n) is 3.33.